The van der Waals surface area contributed by atoms with Gasteiger partial charge in [0.1, 0.15) is 11.6 Å². The van der Waals surface area contributed by atoms with Crippen molar-refractivity contribution in [1.82, 2.24) is 30.0 Å². The summed E-state index contributed by atoms with van der Waals surface area (Å²) >= 11 is 0. The number of carbonyl (C=O) groups excluding carboxylic acids is 2. The number of anilines is 2. The monoisotopic (exact) mass is 831 g/mol. The number of alkyl carbamates (subject to hydrolysis) is 1. The molecule has 60 heavy (non-hydrogen) atoms. The Balaban J connectivity index is 0.775. The fourth-order valence-corrected chi connectivity index (χ4v) is 9.43. The smallest absolute Gasteiger partial charge is 0.408 e. The maximum atomic E-state index is 13.8. The molecule has 4 fully saturated rings. The van der Waals surface area contributed by atoms with Gasteiger partial charge in [-0.05, 0) is 108 Å². The van der Waals surface area contributed by atoms with E-state index in [-0.39, 0.29) is 35.6 Å². The Morgan fingerprint density at radius 2 is 1.62 bits per heavy atom. The molecule has 6 heterocycles. The van der Waals surface area contributed by atoms with Crippen LogP contribution in [0.4, 0.5) is 16.2 Å². The first-order valence-corrected chi connectivity index (χ1v) is 22.8. The quantitative estimate of drug-likeness (QED) is 0.226. The van der Waals surface area contributed by atoms with Crippen molar-refractivity contribution in [1.29, 1.82) is 0 Å². The van der Waals surface area contributed by atoms with Crippen LogP contribution in [0.25, 0.3) is 6.08 Å². The largest absolute Gasteiger partial charge is 0.444 e. The molecule has 3 N–H and O–H groups in total. The summed E-state index contributed by atoms with van der Waals surface area (Å²) in [7, 11) is 0. The van der Waals surface area contributed by atoms with Gasteiger partial charge in [-0.1, -0.05) is 26.2 Å². The van der Waals surface area contributed by atoms with Crippen molar-refractivity contribution in [2.45, 2.75) is 135 Å². The Kier molecular flexibility index (Phi) is 14.9. The van der Waals surface area contributed by atoms with Crippen molar-refractivity contribution in [3.05, 3.63) is 57.3 Å². The predicted octanol–water partition coefficient (Wildman–Crippen LogP) is 5.77. The van der Waals surface area contributed by atoms with Gasteiger partial charge in [-0.3, -0.25) is 24.4 Å². The minimum Gasteiger partial charge on any atom is -0.444 e. The van der Waals surface area contributed by atoms with Crippen LogP contribution >= 0.6 is 0 Å². The van der Waals surface area contributed by atoms with E-state index in [1.165, 1.54) is 12.0 Å². The molecule has 2 aromatic heterocycles. The second-order valence-electron chi connectivity index (χ2n) is 18.6. The molecule has 2 aromatic rings. The third-order valence-corrected chi connectivity index (χ3v) is 13.0. The highest BCUT2D eigenvalue weighted by molar-refractivity contribution is 5.86. The summed E-state index contributed by atoms with van der Waals surface area (Å²) in [6.45, 7) is 18.6. The topological polar surface area (TPSA) is 145 Å². The minimum atomic E-state index is -0.612. The number of nitrogens with zero attached hydrogens (tertiary/aromatic N) is 5. The van der Waals surface area contributed by atoms with E-state index in [4.69, 9.17) is 19.2 Å². The first-order valence-electron chi connectivity index (χ1n) is 22.8. The summed E-state index contributed by atoms with van der Waals surface area (Å²) in [4.78, 5) is 55.9. The average Bonchev–Trinajstić information content (AvgIpc) is 3.24. The number of fused-ring (bicyclic) bond motifs is 1. The number of aromatic nitrogens is 2. The highest BCUT2D eigenvalue weighted by atomic mass is 16.6. The van der Waals surface area contributed by atoms with Gasteiger partial charge < -0.3 is 39.6 Å². The maximum Gasteiger partial charge on any atom is 0.408 e. The normalized spacial score (nSPS) is 22.1. The number of nitrogens with one attached hydrogen (secondary N) is 3. The van der Waals surface area contributed by atoms with Gasteiger partial charge >= 0.3 is 6.09 Å². The number of H-pyrrole nitrogens is 1. The maximum absolute atomic E-state index is 13.8. The number of amides is 2. The summed E-state index contributed by atoms with van der Waals surface area (Å²) < 4.78 is 18.2. The van der Waals surface area contributed by atoms with Crippen LogP contribution < -0.4 is 21.1 Å². The van der Waals surface area contributed by atoms with Crippen molar-refractivity contribution in [2.24, 2.45) is 5.92 Å². The molecular weight excluding hydrogens is 761 g/mol. The van der Waals surface area contributed by atoms with Crippen LogP contribution in [0.1, 0.15) is 109 Å². The first kappa shape index (κ1) is 44.1. The van der Waals surface area contributed by atoms with Crippen LogP contribution in [-0.2, 0) is 32.0 Å². The molecule has 7 rings (SSSR count). The second-order valence-corrected chi connectivity index (χ2v) is 18.6. The van der Waals surface area contributed by atoms with Gasteiger partial charge in [0.25, 0.3) is 5.56 Å². The first-order chi connectivity index (χ1) is 28.9. The van der Waals surface area contributed by atoms with Crippen molar-refractivity contribution in [3.63, 3.8) is 0 Å². The van der Waals surface area contributed by atoms with Crippen molar-refractivity contribution >= 4 is 29.5 Å². The van der Waals surface area contributed by atoms with Gasteiger partial charge in [-0.15, -0.1) is 0 Å². The number of hydrogen-bond donors (Lipinski definition) is 3. The third-order valence-electron chi connectivity index (χ3n) is 13.0. The number of hydrogen-bond acceptors (Lipinski definition) is 11. The Labute approximate surface area is 356 Å². The van der Waals surface area contributed by atoms with E-state index in [1.54, 1.807) is 0 Å². The molecule has 2 atom stereocenters. The summed E-state index contributed by atoms with van der Waals surface area (Å²) in [6, 6.07) is 5.92. The van der Waals surface area contributed by atoms with E-state index < -0.39 is 17.7 Å². The van der Waals surface area contributed by atoms with Gasteiger partial charge in [0, 0.05) is 70.5 Å². The highest BCUT2D eigenvalue weighted by Crippen LogP contribution is 2.30. The lowest BCUT2D eigenvalue weighted by atomic mass is 9.83. The Morgan fingerprint density at radius 1 is 0.917 bits per heavy atom. The highest BCUT2D eigenvalue weighted by Gasteiger charge is 2.37. The summed E-state index contributed by atoms with van der Waals surface area (Å²) in [6.07, 6.45) is 13.6. The Hall–Kier alpha value is -3.98. The van der Waals surface area contributed by atoms with Crippen molar-refractivity contribution in [3.8, 4) is 0 Å². The molecule has 2 amide bonds. The zero-order valence-corrected chi connectivity index (χ0v) is 36.8. The number of likely N-dealkylation sites (tertiary alicyclic amines) is 2. The number of rotatable bonds is 13. The minimum absolute atomic E-state index is 0.00230. The van der Waals surface area contributed by atoms with E-state index in [9.17, 15) is 14.4 Å². The van der Waals surface area contributed by atoms with Gasteiger partial charge in [0.15, 0.2) is 0 Å². The fraction of sp³-hybridized carbons (Fsp3) is 0.696. The van der Waals surface area contributed by atoms with Crippen LogP contribution in [0.3, 0.4) is 0 Å². The van der Waals surface area contributed by atoms with E-state index in [0.717, 1.165) is 132 Å². The Bertz CT molecular complexity index is 1810. The number of aromatic amines is 1. The number of pyridine rings is 2. The van der Waals surface area contributed by atoms with Crippen molar-refractivity contribution < 1.29 is 23.8 Å². The summed E-state index contributed by atoms with van der Waals surface area (Å²) in [5.41, 5.74) is 5.45. The summed E-state index contributed by atoms with van der Waals surface area (Å²) in [5, 5.41) is 6.55. The molecule has 14 nitrogen and oxygen atoms in total. The number of ether oxygens (including phenoxy) is 3. The molecule has 0 radical (unpaired) electrons. The van der Waals surface area contributed by atoms with Crippen LogP contribution in [0.2, 0.25) is 0 Å². The van der Waals surface area contributed by atoms with E-state index in [0.29, 0.717) is 26.4 Å². The number of piperazine rings is 1. The molecule has 4 aliphatic heterocycles. The number of carbonyl (C=O) groups is 2. The zero-order valence-electron chi connectivity index (χ0n) is 36.8. The molecule has 0 bridgehead atoms. The van der Waals surface area contributed by atoms with Crippen LogP contribution in [0.15, 0.2) is 34.8 Å². The van der Waals surface area contributed by atoms with E-state index >= 15 is 0 Å². The molecule has 0 aromatic carbocycles. The standard InChI is InChI=1S/C46H70N8O6/c1-6-33-26-40-41(49-43(33)55)27-35(32(2)48-40)29-51-22-24-53(25-23-51)37-13-12-36(47-28-37)30-58-31-52-18-14-38(15-19-52)59-39-16-20-54(21-17-39)44(56)42(34-10-8-7-9-11-34)50-45(57)60-46(3,4)5/h12-13,26-28,32,34,38-39,42,48H,6-11,14-25,29-31H2,1-5H3,(H,49,55)(H,50,57)/t32?,42-/m1/s1. The van der Waals surface area contributed by atoms with Crippen LogP contribution in [0, 0.1) is 5.92 Å². The van der Waals surface area contributed by atoms with E-state index in [2.05, 4.69) is 55.4 Å². The lowest BCUT2D eigenvalue weighted by Gasteiger charge is -2.39. The molecule has 5 aliphatic rings. The van der Waals surface area contributed by atoms with Crippen LogP contribution in [0.5, 0.6) is 0 Å². The van der Waals surface area contributed by atoms with Gasteiger partial charge in [-0.25, -0.2) is 4.79 Å². The molecule has 1 saturated carbocycles. The molecule has 330 valence electrons. The van der Waals surface area contributed by atoms with Gasteiger partial charge in [0.2, 0.25) is 5.91 Å². The molecule has 0 spiro atoms. The van der Waals surface area contributed by atoms with Gasteiger partial charge in [0.05, 0.1) is 54.5 Å². The number of aryl methyl sites for hydroxylation is 1. The lowest BCUT2D eigenvalue weighted by Crippen LogP contribution is -2.55. The molecule has 1 unspecified atom stereocenters. The zero-order chi connectivity index (χ0) is 42.2. The molecule has 14 heteroatoms. The lowest BCUT2D eigenvalue weighted by molar-refractivity contribution is -0.139. The predicted molar refractivity (Wildman–Crippen MR) is 235 cm³/mol. The SMILES string of the molecule is CCc1cc2c([nH]c1=O)C=C(CN1CCN(c3ccc(COCN4CCC(OC5CCN(C(=O)[C@H](NC(=O)OC(C)(C)C)C6CCCCC6)CC5)CC4)nc3)CC1)C(C)N2. The van der Waals surface area contributed by atoms with Crippen LogP contribution in [-0.4, -0.2) is 132 Å². The second kappa shape index (κ2) is 20.3. The van der Waals surface area contributed by atoms with Crippen molar-refractivity contribution in [2.75, 3.05) is 75.9 Å². The molecule has 1 aliphatic carbocycles. The van der Waals surface area contributed by atoms with E-state index in [1.807, 2.05) is 44.9 Å². The molecular formula is C46H70N8O6. The molecule has 3 saturated heterocycles. The third kappa shape index (κ3) is 11.9. The summed E-state index contributed by atoms with van der Waals surface area (Å²) in [5.74, 6) is 0.177. The number of piperidine rings is 2. The Morgan fingerprint density at radius 3 is 2.27 bits per heavy atom. The average molecular weight is 831 g/mol. The van der Waals surface area contributed by atoms with Gasteiger partial charge in [-0.2, -0.15) is 0 Å². The fourth-order valence-electron chi connectivity index (χ4n) is 9.43.